The zero-order chi connectivity index (χ0) is 12.1. The normalized spacial score (nSPS) is 17.4. The number of tetrazole rings is 1. The van der Waals surface area contributed by atoms with Gasteiger partial charge in [-0.1, -0.05) is 5.21 Å². The van der Waals surface area contributed by atoms with Crippen LogP contribution in [-0.4, -0.2) is 80.8 Å². The number of H-pyrrole nitrogens is 1. The van der Waals surface area contributed by atoms with E-state index < -0.39 is 0 Å². The highest BCUT2D eigenvalue weighted by Gasteiger charge is 2.21. The predicted octanol–water partition coefficient (Wildman–Crippen LogP) is -2.12. The zero-order valence-electron chi connectivity index (χ0n) is 9.54. The third-order valence-electron chi connectivity index (χ3n) is 2.84. The first kappa shape index (κ1) is 11.9. The third-order valence-corrected chi connectivity index (χ3v) is 2.84. The van der Waals surface area contributed by atoms with Gasteiger partial charge in [0.05, 0.1) is 13.0 Å². The van der Waals surface area contributed by atoms with E-state index in [1.165, 1.54) is 0 Å². The lowest BCUT2D eigenvalue weighted by Gasteiger charge is -2.34. The molecule has 1 fully saturated rings. The highest BCUT2D eigenvalue weighted by atomic mass is 16.3. The van der Waals surface area contributed by atoms with Gasteiger partial charge < -0.3 is 10.0 Å². The first-order valence-corrected chi connectivity index (χ1v) is 5.63. The van der Waals surface area contributed by atoms with Crippen LogP contribution in [0.2, 0.25) is 0 Å². The number of carbonyl (C=O) groups is 1. The average molecular weight is 240 g/mol. The van der Waals surface area contributed by atoms with Crippen LogP contribution < -0.4 is 0 Å². The lowest BCUT2D eigenvalue weighted by Crippen LogP contribution is -2.49. The summed E-state index contributed by atoms with van der Waals surface area (Å²) in [7, 11) is 0. The van der Waals surface area contributed by atoms with Crippen molar-refractivity contribution >= 4 is 5.91 Å². The number of hydrogen-bond acceptors (Lipinski definition) is 6. The van der Waals surface area contributed by atoms with Gasteiger partial charge >= 0.3 is 0 Å². The Balaban J connectivity index is 1.78. The molecular weight excluding hydrogens is 224 g/mol. The van der Waals surface area contributed by atoms with Gasteiger partial charge in [-0.2, -0.15) is 5.21 Å². The van der Waals surface area contributed by atoms with Crippen LogP contribution in [0.15, 0.2) is 0 Å². The highest BCUT2D eigenvalue weighted by Crippen LogP contribution is 2.03. The summed E-state index contributed by atoms with van der Waals surface area (Å²) >= 11 is 0. The third kappa shape index (κ3) is 3.21. The molecule has 1 aromatic heterocycles. The lowest BCUT2D eigenvalue weighted by molar-refractivity contribution is -0.132. The van der Waals surface area contributed by atoms with Gasteiger partial charge in [-0.3, -0.25) is 9.69 Å². The first-order chi connectivity index (χ1) is 8.29. The number of nitrogens with zero attached hydrogens (tertiary/aromatic N) is 5. The van der Waals surface area contributed by atoms with E-state index in [-0.39, 0.29) is 18.9 Å². The molecule has 8 heteroatoms. The Labute approximate surface area is 98.6 Å². The maximum Gasteiger partial charge on any atom is 0.230 e. The Hall–Kier alpha value is -1.54. The van der Waals surface area contributed by atoms with Crippen LogP contribution in [-0.2, 0) is 11.2 Å². The summed E-state index contributed by atoms with van der Waals surface area (Å²) in [5, 5.41) is 22.1. The molecule has 1 amide bonds. The molecule has 1 aliphatic heterocycles. The van der Waals surface area contributed by atoms with Crippen molar-refractivity contribution < 1.29 is 9.90 Å². The number of carbonyl (C=O) groups excluding carboxylic acids is 1. The molecule has 0 spiro atoms. The second-order valence-electron chi connectivity index (χ2n) is 3.95. The molecule has 0 aliphatic carbocycles. The van der Waals surface area contributed by atoms with Crippen LogP contribution in [0.5, 0.6) is 0 Å². The number of rotatable bonds is 4. The van der Waals surface area contributed by atoms with Crippen LogP contribution in [0.4, 0.5) is 0 Å². The van der Waals surface area contributed by atoms with Gasteiger partial charge in [-0.15, -0.1) is 10.2 Å². The number of nitrogens with one attached hydrogen (secondary N) is 1. The topological polar surface area (TPSA) is 98.2 Å². The highest BCUT2D eigenvalue weighted by molar-refractivity contribution is 5.78. The fourth-order valence-corrected chi connectivity index (χ4v) is 1.87. The summed E-state index contributed by atoms with van der Waals surface area (Å²) in [6.07, 6.45) is 0.191. The molecule has 0 atom stereocenters. The second kappa shape index (κ2) is 5.69. The van der Waals surface area contributed by atoms with E-state index in [2.05, 4.69) is 25.5 Å². The van der Waals surface area contributed by atoms with Gasteiger partial charge in [-0.25, -0.2) is 0 Å². The van der Waals surface area contributed by atoms with Gasteiger partial charge in [0.1, 0.15) is 0 Å². The van der Waals surface area contributed by atoms with Crippen molar-refractivity contribution in [1.82, 2.24) is 30.4 Å². The van der Waals surface area contributed by atoms with Crippen LogP contribution in [0, 0.1) is 0 Å². The number of aromatic amines is 1. The van der Waals surface area contributed by atoms with Crippen molar-refractivity contribution in [2.45, 2.75) is 6.42 Å². The summed E-state index contributed by atoms with van der Waals surface area (Å²) in [5.74, 6) is 0.447. The molecule has 8 nitrogen and oxygen atoms in total. The minimum atomic E-state index is 0.0232. The minimum absolute atomic E-state index is 0.0232. The van der Waals surface area contributed by atoms with Crippen molar-refractivity contribution in [2.24, 2.45) is 0 Å². The van der Waals surface area contributed by atoms with E-state index in [1.807, 2.05) is 0 Å². The Morgan fingerprint density at radius 2 is 2.12 bits per heavy atom. The number of amides is 1. The van der Waals surface area contributed by atoms with Crippen molar-refractivity contribution in [3.63, 3.8) is 0 Å². The van der Waals surface area contributed by atoms with E-state index in [9.17, 15) is 4.79 Å². The SMILES string of the molecule is O=C(Cc1nn[nH]n1)N1CCN(CCO)CC1. The number of aliphatic hydroxyl groups excluding tert-OH is 1. The van der Waals surface area contributed by atoms with Crippen LogP contribution in [0.1, 0.15) is 5.82 Å². The summed E-state index contributed by atoms with van der Waals surface area (Å²) in [6, 6.07) is 0. The molecule has 94 valence electrons. The molecule has 2 rings (SSSR count). The van der Waals surface area contributed by atoms with Gasteiger partial charge in [0.2, 0.25) is 5.91 Å². The predicted molar refractivity (Wildman–Crippen MR) is 58.0 cm³/mol. The summed E-state index contributed by atoms with van der Waals surface area (Å²) in [6.45, 7) is 3.83. The maximum absolute atomic E-state index is 11.9. The number of piperazine rings is 1. The van der Waals surface area contributed by atoms with Crippen molar-refractivity contribution in [3.05, 3.63) is 5.82 Å². The van der Waals surface area contributed by atoms with Crippen LogP contribution in [0.3, 0.4) is 0 Å². The van der Waals surface area contributed by atoms with Gasteiger partial charge in [0, 0.05) is 32.7 Å². The molecular formula is C9H16N6O2. The monoisotopic (exact) mass is 240 g/mol. The Kier molecular flexibility index (Phi) is 3.99. The van der Waals surface area contributed by atoms with Gasteiger partial charge in [-0.05, 0) is 0 Å². The molecule has 1 aliphatic rings. The summed E-state index contributed by atoms with van der Waals surface area (Å²) < 4.78 is 0. The number of aliphatic hydroxyl groups is 1. The first-order valence-electron chi connectivity index (χ1n) is 5.63. The smallest absolute Gasteiger partial charge is 0.230 e. The minimum Gasteiger partial charge on any atom is -0.395 e. The van der Waals surface area contributed by atoms with E-state index in [4.69, 9.17) is 5.11 Å². The Morgan fingerprint density at radius 3 is 2.71 bits per heavy atom. The van der Waals surface area contributed by atoms with Crippen molar-refractivity contribution in [1.29, 1.82) is 0 Å². The molecule has 0 bridgehead atoms. The molecule has 0 unspecified atom stereocenters. The molecule has 1 saturated heterocycles. The fraction of sp³-hybridized carbons (Fsp3) is 0.778. The van der Waals surface area contributed by atoms with E-state index in [0.29, 0.717) is 25.5 Å². The summed E-state index contributed by atoms with van der Waals surface area (Å²) in [4.78, 5) is 15.8. The summed E-state index contributed by atoms with van der Waals surface area (Å²) in [5.41, 5.74) is 0. The number of aromatic nitrogens is 4. The van der Waals surface area contributed by atoms with Crippen LogP contribution in [0.25, 0.3) is 0 Å². The quantitative estimate of drug-likeness (QED) is 0.624. The fourth-order valence-electron chi connectivity index (χ4n) is 1.87. The molecule has 0 aromatic carbocycles. The van der Waals surface area contributed by atoms with Crippen molar-refractivity contribution in [3.8, 4) is 0 Å². The molecule has 1 aromatic rings. The average Bonchev–Trinajstić information content (AvgIpc) is 2.83. The Morgan fingerprint density at radius 1 is 1.35 bits per heavy atom. The maximum atomic E-state index is 11.9. The number of hydrogen-bond donors (Lipinski definition) is 2. The number of β-amino-alcohol motifs (C(OH)–C–C–N with tert-alkyl or cyclic N) is 1. The lowest BCUT2D eigenvalue weighted by atomic mass is 10.2. The van der Waals surface area contributed by atoms with Gasteiger partial charge in [0.15, 0.2) is 5.82 Å². The van der Waals surface area contributed by atoms with Gasteiger partial charge in [0.25, 0.3) is 0 Å². The Bertz CT molecular complexity index is 346. The van der Waals surface area contributed by atoms with Crippen molar-refractivity contribution in [2.75, 3.05) is 39.3 Å². The molecule has 17 heavy (non-hydrogen) atoms. The largest absolute Gasteiger partial charge is 0.395 e. The van der Waals surface area contributed by atoms with E-state index >= 15 is 0 Å². The van der Waals surface area contributed by atoms with Crippen LogP contribution >= 0.6 is 0 Å². The zero-order valence-corrected chi connectivity index (χ0v) is 9.54. The second-order valence-corrected chi connectivity index (χ2v) is 3.95. The standard InChI is InChI=1S/C9H16N6O2/c16-6-5-14-1-3-15(4-2-14)9(17)7-8-10-12-13-11-8/h16H,1-7H2,(H,10,11,12,13). The molecule has 2 N–H and O–H groups in total. The molecule has 0 radical (unpaired) electrons. The molecule has 2 heterocycles. The van der Waals surface area contributed by atoms with E-state index in [1.54, 1.807) is 4.90 Å². The van der Waals surface area contributed by atoms with E-state index in [0.717, 1.165) is 13.1 Å². The molecule has 0 saturated carbocycles.